The predicted octanol–water partition coefficient (Wildman–Crippen LogP) is 2.35. The van der Waals surface area contributed by atoms with Crippen molar-refractivity contribution >= 4 is 33.9 Å². The van der Waals surface area contributed by atoms with Crippen LogP contribution in [0.4, 0.5) is 15.4 Å². The standard InChI is InChI=1S/C26H33N5O7S/c1-26(2,3)38-24(33)28-20-15-23(32)31(17-20)22-10-9-21(16-27-22)39(35,36)30-13-11-29(12-14-30)25(34)37-18-19-7-5-4-6-8-19/h4-10,16,20H,11-15,17-18H2,1-3H3,(H,28,33)/t20-/m1/s1. The Balaban J connectivity index is 1.30. The Morgan fingerprint density at radius 1 is 1.05 bits per heavy atom. The van der Waals surface area contributed by atoms with Gasteiger partial charge in [-0.2, -0.15) is 4.31 Å². The minimum Gasteiger partial charge on any atom is -0.445 e. The number of hydrogen-bond acceptors (Lipinski definition) is 8. The highest BCUT2D eigenvalue weighted by molar-refractivity contribution is 7.89. The van der Waals surface area contributed by atoms with Crippen LogP contribution in [0.2, 0.25) is 0 Å². The van der Waals surface area contributed by atoms with Crippen molar-refractivity contribution in [2.45, 2.75) is 50.3 Å². The molecule has 39 heavy (non-hydrogen) atoms. The third-order valence-corrected chi connectivity index (χ3v) is 8.07. The Kier molecular flexibility index (Phi) is 8.40. The molecule has 13 heteroatoms. The number of rotatable bonds is 6. The summed E-state index contributed by atoms with van der Waals surface area (Å²) in [5.74, 6) is 0.0489. The minimum atomic E-state index is -3.85. The maximum atomic E-state index is 13.2. The van der Waals surface area contributed by atoms with E-state index in [9.17, 15) is 22.8 Å². The van der Waals surface area contributed by atoms with Gasteiger partial charge in [0.1, 0.15) is 22.9 Å². The lowest BCUT2D eigenvalue weighted by Gasteiger charge is -2.33. The molecule has 0 unspecified atom stereocenters. The molecule has 4 rings (SSSR count). The van der Waals surface area contributed by atoms with Gasteiger partial charge in [0.25, 0.3) is 0 Å². The van der Waals surface area contributed by atoms with Crippen LogP contribution >= 0.6 is 0 Å². The molecule has 2 saturated heterocycles. The van der Waals surface area contributed by atoms with Gasteiger partial charge in [-0.05, 0) is 38.5 Å². The van der Waals surface area contributed by atoms with Crippen LogP contribution in [0, 0.1) is 0 Å². The van der Waals surface area contributed by atoms with Crippen LogP contribution in [-0.4, -0.2) is 85.1 Å². The van der Waals surface area contributed by atoms with Gasteiger partial charge >= 0.3 is 12.2 Å². The number of carbonyl (C=O) groups is 3. The van der Waals surface area contributed by atoms with Crippen LogP contribution in [0.1, 0.15) is 32.8 Å². The Morgan fingerprint density at radius 2 is 1.74 bits per heavy atom. The average molecular weight is 560 g/mol. The smallest absolute Gasteiger partial charge is 0.410 e. The molecule has 0 aliphatic carbocycles. The number of aromatic nitrogens is 1. The predicted molar refractivity (Wildman–Crippen MR) is 141 cm³/mol. The molecule has 210 valence electrons. The number of nitrogens with zero attached hydrogens (tertiary/aromatic N) is 4. The van der Waals surface area contributed by atoms with Crippen molar-refractivity contribution in [3.05, 3.63) is 54.2 Å². The van der Waals surface area contributed by atoms with Crippen LogP contribution in [0.3, 0.4) is 0 Å². The number of nitrogens with one attached hydrogen (secondary N) is 1. The summed E-state index contributed by atoms with van der Waals surface area (Å²) in [6, 6.07) is 11.7. The summed E-state index contributed by atoms with van der Waals surface area (Å²) >= 11 is 0. The van der Waals surface area contributed by atoms with E-state index < -0.39 is 33.9 Å². The van der Waals surface area contributed by atoms with Gasteiger partial charge in [0.2, 0.25) is 15.9 Å². The summed E-state index contributed by atoms with van der Waals surface area (Å²) in [7, 11) is -3.85. The van der Waals surface area contributed by atoms with Crippen molar-refractivity contribution in [3.8, 4) is 0 Å². The van der Waals surface area contributed by atoms with Crippen LogP contribution < -0.4 is 10.2 Å². The number of anilines is 1. The normalized spacial score (nSPS) is 18.6. The van der Waals surface area contributed by atoms with E-state index in [1.54, 1.807) is 20.8 Å². The lowest BCUT2D eigenvalue weighted by atomic mass is 10.2. The summed E-state index contributed by atoms with van der Waals surface area (Å²) in [4.78, 5) is 44.0. The molecule has 3 amide bonds. The number of sulfonamides is 1. The third kappa shape index (κ3) is 7.24. The van der Waals surface area contributed by atoms with E-state index in [-0.39, 0.29) is 56.6 Å². The molecule has 2 aliphatic rings. The number of ether oxygens (including phenoxy) is 2. The summed E-state index contributed by atoms with van der Waals surface area (Å²) in [5, 5.41) is 2.68. The van der Waals surface area contributed by atoms with Crippen molar-refractivity contribution in [3.63, 3.8) is 0 Å². The van der Waals surface area contributed by atoms with Gasteiger partial charge in [0.15, 0.2) is 0 Å². The van der Waals surface area contributed by atoms with Crippen LogP contribution in [0.5, 0.6) is 0 Å². The molecule has 0 bridgehead atoms. The molecule has 12 nitrogen and oxygen atoms in total. The first-order valence-electron chi connectivity index (χ1n) is 12.6. The molecule has 0 saturated carbocycles. The third-order valence-electron chi connectivity index (χ3n) is 6.18. The van der Waals surface area contributed by atoms with Gasteiger partial charge in [0, 0.05) is 45.3 Å². The van der Waals surface area contributed by atoms with E-state index in [2.05, 4.69) is 10.3 Å². The molecule has 0 radical (unpaired) electrons. The van der Waals surface area contributed by atoms with E-state index in [0.29, 0.717) is 5.82 Å². The van der Waals surface area contributed by atoms with Crippen molar-refractivity contribution < 1.29 is 32.3 Å². The fourth-order valence-corrected chi connectivity index (χ4v) is 5.62. The number of pyridine rings is 1. The zero-order valence-corrected chi connectivity index (χ0v) is 23.0. The molecule has 2 fully saturated rings. The van der Waals surface area contributed by atoms with E-state index in [4.69, 9.17) is 9.47 Å². The maximum Gasteiger partial charge on any atom is 0.410 e. The number of alkyl carbamates (subject to hydrolysis) is 1. The quantitative estimate of drug-likeness (QED) is 0.569. The van der Waals surface area contributed by atoms with Crippen LogP contribution in [-0.2, 0) is 30.9 Å². The number of piperazine rings is 1. The van der Waals surface area contributed by atoms with E-state index in [0.717, 1.165) is 5.56 Å². The summed E-state index contributed by atoms with van der Waals surface area (Å²) in [6.45, 7) is 6.23. The maximum absolute atomic E-state index is 13.2. The number of amides is 3. The Labute approximate surface area is 227 Å². The Hall–Kier alpha value is -3.71. The van der Waals surface area contributed by atoms with E-state index in [1.807, 2.05) is 30.3 Å². The van der Waals surface area contributed by atoms with E-state index >= 15 is 0 Å². The first-order chi connectivity index (χ1) is 18.4. The van der Waals surface area contributed by atoms with Crippen LogP contribution in [0.25, 0.3) is 0 Å². The highest BCUT2D eigenvalue weighted by atomic mass is 32.2. The molecule has 3 heterocycles. The zero-order chi connectivity index (χ0) is 28.2. The molecule has 2 aliphatic heterocycles. The topological polar surface area (TPSA) is 138 Å². The first-order valence-corrected chi connectivity index (χ1v) is 14.1. The van der Waals surface area contributed by atoms with Gasteiger partial charge in [-0.1, -0.05) is 30.3 Å². The van der Waals surface area contributed by atoms with E-state index in [1.165, 1.54) is 32.4 Å². The molecule has 1 aromatic carbocycles. The molecule has 1 aromatic heterocycles. The minimum absolute atomic E-state index is 0.0126. The summed E-state index contributed by atoms with van der Waals surface area (Å²) < 4.78 is 38.2. The number of hydrogen-bond donors (Lipinski definition) is 1. The molecular weight excluding hydrogens is 526 g/mol. The van der Waals surface area contributed by atoms with Crippen molar-refractivity contribution in [2.75, 3.05) is 37.6 Å². The molecular formula is C26H33N5O7S. The van der Waals surface area contributed by atoms with Crippen molar-refractivity contribution in [1.82, 2.24) is 19.5 Å². The molecule has 2 aromatic rings. The lowest BCUT2D eigenvalue weighted by Crippen LogP contribution is -2.50. The summed E-state index contributed by atoms with van der Waals surface area (Å²) in [6.07, 6.45) is 0.198. The highest BCUT2D eigenvalue weighted by Crippen LogP contribution is 2.23. The lowest BCUT2D eigenvalue weighted by molar-refractivity contribution is -0.117. The zero-order valence-electron chi connectivity index (χ0n) is 22.2. The molecule has 1 atom stereocenters. The SMILES string of the molecule is CC(C)(C)OC(=O)N[C@@H]1CC(=O)N(c2ccc(S(=O)(=O)N3CCN(C(=O)OCc4ccccc4)CC3)cn2)C1. The average Bonchev–Trinajstić information content (AvgIpc) is 3.26. The van der Waals surface area contributed by atoms with Gasteiger partial charge < -0.3 is 19.7 Å². The second kappa shape index (κ2) is 11.6. The van der Waals surface area contributed by atoms with Gasteiger partial charge in [-0.15, -0.1) is 0 Å². The Bertz CT molecular complexity index is 1290. The fraction of sp³-hybridized carbons (Fsp3) is 0.462. The first kappa shape index (κ1) is 28.3. The van der Waals surface area contributed by atoms with Crippen molar-refractivity contribution in [1.29, 1.82) is 0 Å². The largest absolute Gasteiger partial charge is 0.445 e. The number of benzene rings is 1. The Morgan fingerprint density at radius 3 is 2.36 bits per heavy atom. The van der Waals surface area contributed by atoms with Crippen LogP contribution in [0.15, 0.2) is 53.6 Å². The highest BCUT2D eigenvalue weighted by Gasteiger charge is 2.35. The second-order valence-corrected chi connectivity index (χ2v) is 12.3. The summed E-state index contributed by atoms with van der Waals surface area (Å²) in [5.41, 5.74) is 0.210. The fourth-order valence-electron chi connectivity index (χ4n) is 4.26. The monoisotopic (exact) mass is 559 g/mol. The second-order valence-electron chi connectivity index (χ2n) is 10.3. The van der Waals surface area contributed by atoms with Gasteiger partial charge in [-0.3, -0.25) is 9.69 Å². The number of carbonyl (C=O) groups excluding carboxylic acids is 3. The molecule has 0 spiro atoms. The van der Waals surface area contributed by atoms with Gasteiger partial charge in [0.05, 0.1) is 6.04 Å². The van der Waals surface area contributed by atoms with Crippen molar-refractivity contribution in [2.24, 2.45) is 0 Å². The molecule has 1 N–H and O–H groups in total. The van der Waals surface area contributed by atoms with Gasteiger partial charge in [-0.25, -0.2) is 23.0 Å².